The molecule has 1 aliphatic carbocycles. The molecule has 1 fully saturated rings. The van der Waals surface area contributed by atoms with Crippen LogP contribution in [0.5, 0.6) is 0 Å². The van der Waals surface area contributed by atoms with Gasteiger partial charge in [-0.1, -0.05) is 35.9 Å². The SMILES string of the molecule is Cc1ccc(C(=O)NC2CC2)cc1NC(=O)c1ccc(=O)n(Cc2ccccc2Cl)c1. The molecule has 4 rings (SSSR count). The second kappa shape index (κ2) is 8.78. The van der Waals surface area contributed by atoms with Crippen molar-refractivity contribution in [3.05, 3.63) is 98.4 Å². The van der Waals surface area contributed by atoms with Crippen molar-refractivity contribution >= 4 is 29.1 Å². The van der Waals surface area contributed by atoms with E-state index in [-0.39, 0.29) is 30.0 Å². The lowest BCUT2D eigenvalue weighted by atomic mass is 10.1. The third-order valence-corrected chi connectivity index (χ3v) is 5.57. The van der Waals surface area contributed by atoms with E-state index in [9.17, 15) is 14.4 Å². The van der Waals surface area contributed by atoms with Crippen LogP contribution < -0.4 is 16.2 Å². The summed E-state index contributed by atoms with van der Waals surface area (Å²) in [5.41, 5.74) is 2.77. The highest BCUT2D eigenvalue weighted by Crippen LogP contribution is 2.22. The number of halogens is 1. The van der Waals surface area contributed by atoms with Crippen molar-refractivity contribution in [1.29, 1.82) is 0 Å². The summed E-state index contributed by atoms with van der Waals surface area (Å²) in [6.07, 6.45) is 3.52. The second-order valence-electron chi connectivity index (χ2n) is 7.71. The maximum absolute atomic E-state index is 12.9. The van der Waals surface area contributed by atoms with Crippen LogP contribution in [0.15, 0.2) is 65.6 Å². The van der Waals surface area contributed by atoms with E-state index in [1.807, 2.05) is 25.1 Å². The number of carbonyl (C=O) groups excluding carboxylic acids is 2. The molecule has 0 spiro atoms. The van der Waals surface area contributed by atoms with E-state index < -0.39 is 0 Å². The number of hydrogen-bond donors (Lipinski definition) is 2. The number of benzene rings is 2. The summed E-state index contributed by atoms with van der Waals surface area (Å²) >= 11 is 6.20. The number of hydrogen-bond acceptors (Lipinski definition) is 3. The molecule has 1 saturated carbocycles. The molecule has 1 aliphatic rings. The van der Waals surface area contributed by atoms with E-state index >= 15 is 0 Å². The lowest BCUT2D eigenvalue weighted by Crippen LogP contribution is -2.25. The van der Waals surface area contributed by atoms with E-state index in [2.05, 4.69) is 10.6 Å². The summed E-state index contributed by atoms with van der Waals surface area (Å²) in [6, 6.07) is 15.6. The Bertz CT molecular complexity index is 1210. The maximum atomic E-state index is 12.9. The number of nitrogens with zero attached hydrogens (tertiary/aromatic N) is 1. The van der Waals surface area contributed by atoms with Gasteiger partial charge in [0.15, 0.2) is 0 Å². The minimum atomic E-state index is -0.365. The highest BCUT2D eigenvalue weighted by atomic mass is 35.5. The molecule has 1 heterocycles. The van der Waals surface area contributed by atoms with Gasteiger partial charge in [0.1, 0.15) is 0 Å². The molecule has 0 atom stereocenters. The average molecular weight is 436 g/mol. The van der Waals surface area contributed by atoms with Crippen LogP contribution in [0.3, 0.4) is 0 Å². The smallest absolute Gasteiger partial charge is 0.257 e. The first kappa shape index (κ1) is 20.9. The van der Waals surface area contributed by atoms with Crippen LogP contribution in [-0.2, 0) is 6.54 Å². The molecule has 0 bridgehead atoms. The first-order valence-electron chi connectivity index (χ1n) is 10.1. The third kappa shape index (κ3) is 5.03. The quantitative estimate of drug-likeness (QED) is 0.614. The zero-order valence-electron chi connectivity index (χ0n) is 17.0. The Labute approximate surface area is 184 Å². The van der Waals surface area contributed by atoms with Gasteiger partial charge in [-0.25, -0.2) is 0 Å². The normalized spacial score (nSPS) is 13.0. The fourth-order valence-electron chi connectivity index (χ4n) is 3.19. The molecule has 2 amide bonds. The van der Waals surface area contributed by atoms with Crippen LogP contribution >= 0.6 is 11.6 Å². The first-order chi connectivity index (χ1) is 14.9. The van der Waals surface area contributed by atoms with Crippen molar-refractivity contribution < 1.29 is 9.59 Å². The standard InChI is InChI=1S/C24H22ClN3O3/c1-15-6-7-16(23(30)26-19-9-10-19)12-21(15)27-24(31)18-8-11-22(29)28(14-18)13-17-4-2-3-5-20(17)25/h2-8,11-12,14,19H,9-10,13H2,1H3,(H,26,30)(H,27,31). The fourth-order valence-corrected chi connectivity index (χ4v) is 3.38. The van der Waals surface area contributed by atoms with Gasteiger partial charge < -0.3 is 15.2 Å². The van der Waals surface area contributed by atoms with Crippen LogP contribution in [0.25, 0.3) is 0 Å². The van der Waals surface area contributed by atoms with Gasteiger partial charge in [-0.2, -0.15) is 0 Å². The number of anilines is 1. The zero-order chi connectivity index (χ0) is 22.0. The Hall–Kier alpha value is -3.38. The zero-order valence-corrected chi connectivity index (χ0v) is 17.8. The molecule has 158 valence electrons. The van der Waals surface area contributed by atoms with Crippen molar-refractivity contribution in [3.8, 4) is 0 Å². The lowest BCUT2D eigenvalue weighted by molar-refractivity contribution is 0.0949. The van der Waals surface area contributed by atoms with Gasteiger partial charge in [0.05, 0.1) is 12.1 Å². The van der Waals surface area contributed by atoms with E-state index in [1.54, 1.807) is 24.3 Å². The number of rotatable bonds is 6. The Balaban J connectivity index is 1.54. The molecular formula is C24H22ClN3O3. The van der Waals surface area contributed by atoms with Gasteiger partial charge in [0, 0.05) is 34.6 Å². The van der Waals surface area contributed by atoms with E-state index in [0.29, 0.717) is 21.8 Å². The number of aromatic nitrogens is 1. The number of nitrogens with one attached hydrogen (secondary N) is 2. The summed E-state index contributed by atoms with van der Waals surface area (Å²) in [4.78, 5) is 37.5. The summed E-state index contributed by atoms with van der Waals surface area (Å²) in [5.74, 6) is -0.512. The van der Waals surface area contributed by atoms with Crippen LogP contribution in [0, 0.1) is 6.92 Å². The van der Waals surface area contributed by atoms with Gasteiger partial charge in [-0.3, -0.25) is 14.4 Å². The largest absolute Gasteiger partial charge is 0.349 e. The topological polar surface area (TPSA) is 80.2 Å². The lowest BCUT2D eigenvalue weighted by Gasteiger charge is -2.12. The number of aryl methyl sites for hydroxylation is 1. The molecule has 0 aliphatic heterocycles. The van der Waals surface area contributed by atoms with Crippen LogP contribution in [0.2, 0.25) is 5.02 Å². The molecule has 0 radical (unpaired) electrons. The Morgan fingerprint density at radius 2 is 1.77 bits per heavy atom. The van der Waals surface area contributed by atoms with Crippen molar-refractivity contribution in [3.63, 3.8) is 0 Å². The highest BCUT2D eigenvalue weighted by Gasteiger charge is 2.24. The van der Waals surface area contributed by atoms with Crippen molar-refractivity contribution in [2.75, 3.05) is 5.32 Å². The molecule has 0 saturated heterocycles. The molecule has 2 aromatic carbocycles. The molecule has 0 unspecified atom stereocenters. The van der Waals surface area contributed by atoms with E-state index in [4.69, 9.17) is 11.6 Å². The summed E-state index contributed by atoms with van der Waals surface area (Å²) in [6.45, 7) is 2.12. The van der Waals surface area contributed by atoms with Gasteiger partial charge in [-0.15, -0.1) is 0 Å². The first-order valence-corrected chi connectivity index (χ1v) is 10.5. The average Bonchev–Trinajstić information content (AvgIpc) is 3.56. The van der Waals surface area contributed by atoms with Crippen LogP contribution in [0.4, 0.5) is 5.69 Å². The highest BCUT2D eigenvalue weighted by molar-refractivity contribution is 6.31. The van der Waals surface area contributed by atoms with Gasteiger partial charge in [0.2, 0.25) is 0 Å². The van der Waals surface area contributed by atoms with E-state index in [0.717, 1.165) is 24.0 Å². The van der Waals surface area contributed by atoms with Crippen LogP contribution in [0.1, 0.15) is 44.7 Å². The predicted molar refractivity (Wildman–Crippen MR) is 121 cm³/mol. The Kier molecular flexibility index (Phi) is 5.91. The molecule has 2 N–H and O–H groups in total. The third-order valence-electron chi connectivity index (χ3n) is 5.20. The number of carbonyl (C=O) groups is 2. The molecule has 1 aromatic heterocycles. The molecule has 31 heavy (non-hydrogen) atoms. The molecular weight excluding hydrogens is 414 g/mol. The van der Waals surface area contributed by atoms with E-state index in [1.165, 1.54) is 22.9 Å². The summed E-state index contributed by atoms with van der Waals surface area (Å²) < 4.78 is 1.45. The van der Waals surface area contributed by atoms with Crippen molar-refractivity contribution in [2.24, 2.45) is 0 Å². The van der Waals surface area contributed by atoms with Crippen molar-refractivity contribution in [2.45, 2.75) is 32.4 Å². The maximum Gasteiger partial charge on any atom is 0.257 e. The van der Waals surface area contributed by atoms with Crippen molar-refractivity contribution in [1.82, 2.24) is 9.88 Å². The Morgan fingerprint density at radius 1 is 1.03 bits per heavy atom. The minimum Gasteiger partial charge on any atom is -0.349 e. The predicted octanol–water partition coefficient (Wildman–Crippen LogP) is 4.00. The number of amides is 2. The second-order valence-corrected chi connectivity index (χ2v) is 8.11. The monoisotopic (exact) mass is 435 g/mol. The summed E-state index contributed by atoms with van der Waals surface area (Å²) in [5, 5.41) is 6.35. The molecule has 6 nitrogen and oxygen atoms in total. The molecule has 3 aromatic rings. The van der Waals surface area contributed by atoms with Gasteiger partial charge in [0.25, 0.3) is 17.4 Å². The molecule has 7 heteroatoms. The van der Waals surface area contributed by atoms with Gasteiger partial charge >= 0.3 is 0 Å². The van der Waals surface area contributed by atoms with Gasteiger partial charge in [-0.05, 0) is 55.2 Å². The fraction of sp³-hybridized carbons (Fsp3) is 0.208. The summed E-state index contributed by atoms with van der Waals surface area (Å²) in [7, 11) is 0. The number of pyridine rings is 1. The minimum absolute atomic E-state index is 0.147. The Morgan fingerprint density at radius 3 is 2.52 bits per heavy atom. The van der Waals surface area contributed by atoms with Crippen LogP contribution in [-0.4, -0.2) is 22.4 Å².